The Labute approximate surface area is 168 Å². The van der Waals surface area contributed by atoms with E-state index in [4.69, 9.17) is 25.8 Å². The average molecular weight is 393 g/mol. The standard InChI is InChI=1S/C22H45ClO3/c1-4-7-19-24-22(25-20-8-5-2,26-21-9-6-3)17-15-13-11-10-12-14-16-18-23/h4-21H2,1-3H3. The molecule has 0 aliphatic rings. The monoisotopic (exact) mass is 392 g/mol. The molecule has 0 aromatic carbocycles. The molecule has 0 aromatic heterocycles. The van der Waals surface area contributed by atoms with Crippen LogP contribution in [0, 0.1) is 0 Å². The molecular formula is C22H45ClO3. The quantitative estimate of drug-likeness (QED) is 0.115. The first kappa shape index (κ1) is 26.2. The minimum atomic E-state index is -0.821. The number of unbranched alkanes of at least 4 members (excludes halogenated alkanes) is 9. The highest BCUT2D eigenvalue weighted by Gasteiger charge is 2.32. The molecule has 0 heterocycles. The van der Waals surface area contributed by atoms with Crippen LogP contribution in [0.1, 0.15) is 111 Å². The first-order valence-electron chi connectivity index (χ1n) is 11.2. The van der Waals surface area contributed by atoms with Gasteiger partial charge in [0, 0.05) is 12.3 Å². The first-order chi connectivity index (χ1) is 12.7. The lowest BCUT2D eigenvalue weighted by Crippen LogP contribution is -2.40. The Bertz CT molecular complexity index is 248. The second kappa shape index (κ2) is 19.9. The zero-order valence-electron chi connectivity index (χ0n) is 17.8. The van der Waals surface area contributed by atoms with Crippen molar-refractivity contribution in [3.8, 4) is 0 Å². The number of hydrogen-bond acceptors (Lipinski definition) is 3. The first-order valence-corrected chi connectivity index (χ1v) is 11.8. The highest BCUT2D eigenvalue weighted by Crippen LogP contribution is 2.26. The van der Waals surface area contributed by atoms with Gasteiger partial charge in [0.15, 0.2) is 0 Å². The van der Waals surface area contributed by atoms with Crippen molar-refractivity contribution in [1.82, 2.24) is 0 Å². The average Bonchev–Trinajstić information content (AvgIpc) is 2.64. The van der Waals surface area contributed by atoms with E-state index >= 15 is 0 Å². The molecule has 0 N–H and O–H groups in total. The molecule has 0 atom stereocenters. The second-order valence-corrected chi connectivity index (χ2v) is 7.58. The minimum absolute atomic E-state index is 0.715. The predicted octanol–water partition coefficient (Wildman–Crippen LogP) is 7.45. The van der Waals surface area contributed by atoms with Gasteiger partial charge < -0.3 is 14.2 Å². The highest BCUT2D eigenvalue weighted by atomic mass is 35.5. The topological polar surface area (TPSA) is 27.7 Å². The molecule has 0 aromatic rings. The summed E-state index contributed by atoms with van der Waals surface area (Å²) in [5, 5.41) is 0. The van der Waals surface area contributed by atoms with Crippen molar-refractivity contribution in [2.24, 2.45) is 0 Å². The fourth-order valence-corrected chi connectivity index (χ4v) is 2.97. The SMILES string of the molecule is CCCCOC(CCCCCCCCCCl)(OCCCC)OCCCC. The van der Waals surface area contributed by atoms with Gasteiger partial charge in [-0.3, -0.25) is 0 Å². The van der Waals surface area contributed by atoms with E-state index in [9.17, 15) is 0 Å². The van der Waals surface area contributed by atoms with Crippen LogP contribution in [-0.2, 0) is 14.2 Å². The third-order valence-electron chi connectivity index (χ3n) is 4.58. The summed E-state index contributed by atoms with van der Waals surface area (Å²) in [6, 6.07) is 0. The largest absolute Gasteiger partial charge is 0.327 e. The molecule has 4 heteroatoms. The van der Waals surface area contributed by atoms with Crippen LogP contribution in [0.25, 0.3) is 0 Å². The van der Waals surface area contributed by atoms with E-state index in [-0.39, 0.29) is 0 Å². The molecule has 0 saturated heterocycles. The van der Waals surface area contributed by atoms with E-state index in [1.807, 2.05) is 0 Å². The van der Waals surface area contributed by atoms with Crippen LogP contribution < -0.4 is 0 Å². The third-order valence-corrected chi connectivity index (χ3v) is 4.84. The summed E-state index contributed by atoms with van der Waals surface area (Å²) in [5.74, 6) is -0.0278. The van der Waals surface area contributed by atoms with Crippen LogP contribution in [0.2, 0.25) is 0 Å². The van der Waals surface area contributed by atoms with Crippen molar-refractivity contribution >= 4 is 11.6 Å². The van der Waals surface area contributed by atoms with Crippen molar-refractivity contribution < 1.29 is 14.2 Å². The van der Waals surface area contributed by atoms with Crippen molar-refractivity contribution in [2.45, 2.75) is 117 Å². The van der Waals surface area contributed by atoms with Gasteiger partial charge in [-0.1, -0.05) is 72.1 Å². The van der Waals surface area contributed by atoms with Crippen LogP contribution in [0.3, 0.4) is 0 Å². The predicted molar refractivity (Wildman–Crippen MR) is 113 cm³/mol. The van der Waals surface area contributed by atoms with Crippen molar-refractivity contribution in [1.29, 1.82) is 0 Å². The van der Waals surface area contributed by atoms with Crippen molar-refractivity contribution in [3.63, 3.8) is 0 Å². The summed E-state index contributed by atoms with van der Waals surface area (Å²) in [7, 11) is 0. The molecule has 3 nitrogen and oxygen atoms in total. The van der Waals surface area contributed by atoms with Crippen LogP contribution >= 0.6 is 11.6 Å². The van der Waals surface area contributed by atoms with Crippen LogP contribution in [0.15, 0.2) is 0 Å². The molecule has 26 heavy (non-hydrogen) atoms. The maximum atomic E-state index is 6.16. The van der Waals surface area contributed by atoms with Gasteiger partial charge in [-0.25, -0.2) is 0 Å². The van der Waals surface area contributed by atoms with Gasteiger partial charge in [0.1, 0.15) is 0 Å². The van der Waals surface area contributed by atoms with Crippen LogP contribution in [-0.4, -0.2) is 31.7 Å². The smallest absolute Gasteiger partial charge is 0.282 e. The van der Waals surface area contributed by atoms with Crippen molar-refractivity contribution in [2.75, 3.05) is 25.7 Å². The molecule has 0 bridgehead atoms. The Kier molecular flexibility index (Phi) is 20.0. The number of hydrogen-bond donors (Lipinski definition) is 0. The summed E-state index contributed by atoms with van der Waals surface area (Å²) in [5.41, 5.74) is 0. The summed E-state index contributed by atoms with van der Waals surface area (Å²) < 4.78 is 18.5. The normalized spacial score (nSPS) is 12.0. The van der Waals surface area contributed by atoms with Gasteiger partial charge in [0.25, 0.3) is 5.97 Å². The Morgan fingerprint density at radius 1 is 0.538 bits per heavy atom. The number of rotatable bonds is 21. The Balaban J connectivity index is 4.38. The zero-order chi connectivity index (χ0) is 19.3. The van der Waals surface area contributed by atoms with E-state index in [0.29, 0.717) is 19.8 Å². The Morgan fingerprint density at radius 3 is 1.31 bits per heavy atom. The number of halogens is 1. The number of alkyl halides is 1. The van der Waals surface area contributed by atoms with Crippen LogP contribution in [0.5, 0.6) is 0 Å². The van der Waals surface area contributed by atoms with Crippen molar-refractivity contribution in [3.05, 3.63) is 0 Å². The molecule has 0 unspecified atom stereocenters. The summed E-state index contributed by atoms with van der Waals surface area (Å²) in [6.45, 7) is 8.70. The molecule has 158 valence electrons. The molecule has 0 aliphatic carbocycles. The zero-order valence-corrected chi connectivity index (χ0v) is 18.6. The molecule has 0 amide bonds. The molecule has 0 spiro atoms. The van der Waals surface area contributed by atoms with E-state index in [1.165, 1.54) is 32.1 Å². The summed E-state index contributed by atoms with van der Waals surface area (Å²) >= 11 is 5.73. The minimum Gasteiger partial charge on any atom is -0.327 e. The van der Waals surface area contributed by atoms with Crippen LogP contribution in [0.4, 0.5) is 0 Å². The number of ether oxygens (including phenoxy) is 3. The van der Waals surface area contributed by atoms with Gasteiger partial charge in [-0.05, 0) is 32.1 Å². The Hall–Kier alpha value is 0.170. The molecule has 0 rings (SSSR count). The fourth-order valence-electron chi connectivity index (χ4n) is 2.78. The molecule has 0 aliphatic heterocycles. The molecule has 0 radical (unpaired) electrons. The lowest BCUT2D eigenvalue weighted by atomic mass is 10.1. The maximum absolute atomic E-state index is 6.16. The van der Waals surface area contributed by atoms with E-state index in [0.717, 1.165) is 63.7 Å². The highest BCUT2D eigenvalue weighted by molar-refractivity contribution is 6.17. The molecule has 0 saturated carbocycles. The fraction of sp³-hybridized carbons (Fsp3) is 1.00. The lowest BCUT2D eigenvalue weighted by molar-refractivity contribution is -0.384. The van der Waals surface area contributed by atoms with E-state index < -0.39 is 5.97 Å². The van der Waals surface area contributed by atoms with Gasteiger partial charge >= 0.3 is 0 Å². The molecular weight excluding hydrogens is 348 g/mol. The van der Waals surface area contributed by atoms with E-state index in [2.05, 4.69) is 20.8 Å². The second-order valence-electron chi connectivity index (χ2n) is 7.20. The van der Waals surface area contributed by atoms with E-state index in [1.54, 1.807) is 0 Å². The third kappa shape index (κ3) is 15.2. The van der Waals surface area contributed by atoms with Gasteiger partial charge in [0.2, 0.25) is 0 Å². The van der Waals surface area contributed by atoms with Gasteiger partial charge in [-0.2, -0.15) is 0 Å². The maximum Gasteiger partial charge on any atom is 0.282 e. The molecule has 0 fully saturated rings. The lowest BCUT2D eigenvalue weighted by Gasteiger charge is -2.33. The summed E-state index contributed by atoms with van der Waals surface area (Å²) in [6.07, 6.45) is 16.0. The Morgan fingerprint density at radius 2 is 0.923 bits per heavy atom. The van der Waals surface area contributed by atoms with Gasteiger partial charge in [-0.15, -0.1) is 11.6 Å². The summed E-state index contributed by atoms with van der Waals surface area (Å²) in [4.78, 5) is 0. The van der Waals surface area contributed by atoms with Gasteiger partial charge in [0.05, 0.1) is 19.8 Å².